The SMILES string of the molecule is CCc1ccccc1N(CC(=O)NN=C1CCCCCC1)S(=O)(=O)c1ccc(C)cc1. The summed E-state index contributed by atoms with van der Waals surface area (Å²) < 4.78 is 28.2. The lowest BCUT2D eigenvalue weighted by atomic mass is 10.1. The van der Waals surface area contributed by atoms with Crippen molar-refractivity contribution in [2.24, 2.45) is 5.10 Å². The highest BCUT2D eigenvalue weighted by Gasteiger charge is 2.28. The summed E-state index contributed by atoms with van der Waals surface area (Å²) in [6.07, 6.45) is 6.93. The fourth-order valence-corrected chi connectivity index (χ4v) is 5.20. The van der Waals surface area contributed by atoms with Crippen LogP contribution in [0.2, 0.25) is 0 Å². The lowest BCUT2D eigenvalue weighted by Gasteiger charge is -2.26. The first-order valence-electron chi connectivity index (χ1n) is 10.9. The van der Waals surface area contributed by atoms with E-state index in [1.807, 2.05) is 26.0 Å². The van der Waals surface area contributed by atoms with Crippen LogP contribution < -0.4 is 9.73 Å². The molecule has 1 aliphatic rings. The van der Waals surface area contributed by atoms with Gasteiger partial charge in [0.1, 0.15) is 6.54 Å². The van der Waals surface area contributed by atoms with Crippen molar-refractivity contribution in [2.75, 3.05) is 10.8 Å². The Morgan fingerprint density at radius 2 is 1.65 bits per heavy atom. The number of hydrogen-bond acceptors (Lipinski definition) is 4. The quantitative estimate of drug-likeness (QED) is 0.505. The van der Waals surface area contributed by atoms with Crippen LogP contribution >= 0.6 is 0 Å². The molecule has 1 amide bonds. The summed E-state index contributed by atoms with van der Waals surface area (Å²) in [4.78, 5) is 12.9. The number of nitrogens with zero attached hydrogens (tertiary/aromatic N) is 2. The van der Waals surface area contributed by atoms with Gasteiger partial charge < -0.3 is 0 Å². The van der Waals surface area contributed by atoms with E-state index < -0.39 is 15.9 Å². The Bertz CT molecular complexity index is 1020. The van der Waals surface area contributed by atoms with E-state index in [-0.39, 0.29) is 11.4 Å². The zero-order chi connectivity index (χ0) is 22.3. The number of carbonyl (C=O) groups is 1. The van der Waals surface area contributed by atoms with Crippen molar-refractivity contribution in [1.29, 1.82) is 0 Å². The fourth-order valence-electron chi connectivity index (χ4n) is 3.75. The number of aryl methyl sites for hydroxylation is 2. The van der Waals surface area contributed by atoms with Gasteiger partial charge in [0.25, 0.3) is 15.9 Å². The van der Waals surface area contributed by atoms with Gasteiger partial charge in [-0.25, -0.2) is 13.8 Å². The van der Waals surface area contributed by atoms with Crippen LogP contribution in [0.25, 0.3) is 0 Å². The van der Waals surface area contributed by atoms with E-state index in [1.165, 1.54) is 17.1 Å². The molecule has 1 fully saturated rings. The zero-order valence-electron chi connectivity index (χ0n) is 18.3. The number of carbonyl (C=O) groups excluding carboxylic acids is 1. The van der Waals surface area contributed by atoms with E-state index in [0.29, 0.717) is 12.1 Å². The Morgan fingerprint density at radius 3 is 2.29 bits per heavy atom. The molecule has 0 radical (unpaired) electrons. The fraction of sp³-hybridized carbons (Fsp3) is 0.417. The number of nitrogens with one attached hydrogen (secondary N) is 1. The third kappa shape index (κ3) is 5.94. The topological polar surface area (TPSA) is 78.8 Å². The summed E-state index contributed by atoms with van der Waals surface area (Å²) in [5, 5.41) is 4.29. The largest absolute Gasteiger partial charge is 0.271 e. The van der Waals surface area contributed by atoms with Crippen LogP contribution in [0.4, 0.5) is 5.69 Å². The third-order valence-electron chi connectivity index (χ3n) is 5.56. The summed E-state index contributed by atoms with van der Waals surface area (Å²) in [5.41, 5.74) is 5.92. The number of hydrazone groups is 1. The monoisotopic (exact) mass is 441 g/mol. The Kier molecular flexibility index (Phi) is 7.85. The summed E-state index contributed by atoms with van der Waals surface area (Å²) in [6.45, 7) is 3.54. The van der Waals surface area contributed by atoms with Crippen LogP contribution in [0.5, 0.6) is 0 Å². The number of sulfonamides is 1. The van der Waals surface area contributed by atoms with Crippen molar-refractivity contribution >= 4 is 27.3 Å². The van der Waals surface area contributed by atoms with E-state index in [1.54, 1.807) is 36.4 Å². The summed E-state index contributed by atoms with van der Waals surface area (Å²) in [7, 11) is -3.92. The molecule has 6 nitrogen and oxygen atoms in total. The molecule has 0 atom stereocenters. The minimum atomic E-state index is -3.92. The second-order valence-corrected chi connectivity index (χ2v) is 9.80. The smallest absolute Gasteiger partial charge is 0.264 e. The van der Waals surface area contributed by atoms with Crippen molar-refractivity contribution in [2.45, 2.75) is 63.7 Å². The molecular formula is C24H31N3O3S. The molecule has 1 saturated carbocycles. The van der Waals surface area contributed by atoms with Crippen molar-refractivity contribution < 1.29 is 13.2 Å². The predicted molar refractivity (Wildman–Crippen MR) is 125 cm³/mol. The van der Waals surface area contributed by atoms with Gasteiger partial charge in [-0.15, -0.1) is 0 Å². The van der Waals surface area contributed by atoms with E-state index >= 15 is 0 Å². The normalized spacial score (nSPS) is 14.6. The molecule has 0 saturated heterocycles. The van der Waals surface area contributed by atoms with Crippen LogP contribution in [0.15, 0.2) is 58.5 Å². The minimum Gasteiger partial charge on any atom is -0.271 e. The maximum absolute atomic E-state index is 13.5. The second-order valence-electron chi connectivity index (χ2n) is 7.93. The minimum absolute atomic E-state index is 0.159. The highest BCUT2D eigenvalue weighted by Crippen LogP contribution is 2.27. The molecular weight excluding hydrogens is 410 g/mol. The molecule has 166 valence electrons. The number of anilines is 1. The van der Waals surface area contributed by atoms with Gasteiger partial charge in [0.15, 0.2) is 0 Å². The lowest BCUT2D eigenvalue weighted by molar-refractivity contribution is -0.119. The maximum atomic E-state index is 13.5. The van der Waals surface area contributed by atoms with Gasteiger partial charge in [-0.05, 0) is 62.8 Å². The molecule has 1 N–H and O–H groups in total. The molecule has 1 aliphatic carbocycles. The molecule has 0 unspecified atom stereocenters. The standard InChI is InChI=1S/C24H31N3O3S/c1-3-20-10-8-9-13-23(20)27(31(29,30)22-16-14-19(2)15-17-22)18-24(28)26-25-21-11-6-4-5-7-12-21/h8-10,13-17H,3-7,11-12,18H2,1-2H3,(H,26,28). The van der Waals surface area contributed by atoms with Crippen LogP contribution in [0.3, 0.4) is 0 Å². The summed E-state index contributed by atoms with van der Waals surface area (Å²) in [5.74, 6) is -0.446. The Hall–Kier alpha value is -2.67. The van der Waals surface area contributed by atoms with Crippen LogP contribution in [0.1, 0.15) is 56.6 Å². The molecule has 2 aromatic carbocycles. The van der Waals surface area contributed by atoms with Gasteiger partial charge in [-0.1, -0.05) is 55.7 Å². The Labute approximate surface area is 185 Å². The molecule has 3 rings (SSSR count). The van der Waals surface area contributed by atoms with Crippen molar-refractivity contribution in [3.8, 4) is 0 Å². The van der Waals surface area contributed by atoms with Crippen molar-refractivity contribution in [3.05, 3.63) is 59.7 Å². The van der Waals surface area contributed by atoms with Gasteiger partial charge in [0.05, 0.1) is 10.6 Å². The molecule has 0 spiro atoms. The average Bonchev–Trinajstić information content (AvgIpc) is 3.05. The number of hydrogen-bond donors (Lipinski definition) is 1. The Morgan fingerprint density at radius 1 is 1.00 bits per heavy atom. The molecule has 0 aliphatic heterocycles. The number of amides is 1. The van der Waals surface area contributed by atoms with Crippen molar-refractivity contribution in [3.63, 3.8) is 0 Å². The first-order chi connectivity index (χ1) is 14.9. The van der Waals surface area contributed by atoms with Gasteiger partial charge in [-0.3, -0.25) is 9.10 Å². The van der Waals surface area contributed by atoms with E-state index in [2.05, 4.69) is 10.5 Å². The summed E-state index contributed by atoms with van der Waals surface area (Å²) >= 11 is 0. The first kappa shape index (κ1) is 23.0. The summed E-state index contributed by atoms with van der Waals surface area (Å²) in [6, 6.07) is 14.0. The first-order valence-corrected chi connectivity index (χ1v) is 12.4. The highest BCUT2D eigenvalue weighted by atomic mass is 32.2. The number of rotatable bonds is 7. The molecule has 7 heteroatoms. The Balaban J connectivity index is 1.90. The molecule has 31 heavy (non-hydrogen) atoms. The molecule has 0 aromatic heterocycles. The van der Waals surface area contributed by atoms with Crippen LogP contribution in [-0.4, -0.2) is 26.6 Å². The highest BCUT2D eigenvalue weighted by molar-refractivity contribution is 7.92. The van der Waals surface area contributed by atoms with Gasteiger partial charge in [0, 0.05) is 5.71 Å². The number of benzene rings is 2. The maximum Gasteiger partial charge on any atom is 0.264 e. The van der Waals surface area contributed by atoms with Gasteiger partial charge >= 0.3 is 0 Å². The second kappa shape index (κ2) is 10.6. The van der Waals surface area contributed by atoms with E-state index in [0.717, 1.165) is 42.5 Å². The average molecular weight is 442 g/mol. The lowest BCUT2D eigenvalue weighted by Crippen LogP contribution is -2.40. The van der Waals surface area contributed by atoms with E-state index in [4.69, 9.17) is 0 Å². The van der Waals surface area contributed by atoms with Crippen LogP contribution in [-0.2, 0) is 21.2 Å². The predicted octanol–water partition coefficient (Wildman–Crippen LogP) is 4.58. The molecule has 0 heterocycles. The van der Waals surface area contributed by atoms with E-state index in [9.17, 15) is 13.2 Å². The zero-order valence-corrected chi connectivity index (χ0v) is 19.1. The van der Waals surface area contributed by atoms with Crippen LogP contribution in [0, 0.1) is 6.92 Å². The number of para-hydroxylation sites is 1. The molecule has 0 bridgehead atoms. The van der Waals surface area contributed by atoms with Gasteiger partial charge in [0.2, 0.25) is 0 Å². The third-order valence-corrected chi connectivity index (χ3v) is 7.33. The molecule has 2 aromatic rings. The van der Waals surface area contributed by atoms with Crippen molar-refractivity contribution in [1.82, 2.24) is 5.43 Å². The van der Waals surface area contributed by atoms with Gasteiger partial charge in [-0.2, -0.15) is 5.10 Å².